The van der Waals surface area contributed by atoms with Crippen LogP contribution in [0, 0.1) is 47.4 Å². The molecule has 2 saturated carbocycles. The third-order valence-electron chi connectivity index (χ3n) is 9.92. The average molecular weight is 675 g/mol. The SMILES string of the molecule is COc1ccc(C#Cc2cc(C#Cc3ccc(OC)cc3)c3c(c2O)C(=O)C2C(=O)[C@]4(O)C(=O)C(C(N)=O)C(=O)[C@@H](N(C)C)[C@@H]4C[C@@H]2C3)cc1. The van der Waals surface area contributed by atoms with Crippen LogP contribution in [-0.2, 0) is 25.6 Å². The molecule has 3 aromatic rings. The zero-order valence-electron chi connectivity index (χ0n) is 27.8. The van der Waals surface area contributed by atoms with Gasteiger partial charge in [-0.2, -0.15) is 0 Å². The molecule has 0 aliphatic heterocycles. The second kappa shape index (κ2) is 12.9. The number of hydrogen-bond acceptors (Lipinski definition) is 10. The first-order valence-electron chi connectivity index (χ1n) is 15.9. The number of benzene rings is 3. The molecule has 2 unspecified atom stereocenters. The third-order valence-corrected chi connectivity index (χ3v) is 9.92. The van der Waals surface area contributed by atoms with Crippen molar-refractivity contribution >= 4 is 29.0 Å². The molecule has 0 bridgehead atoms. The molecule has 6 rings (SSSR count). The van der Waals surface area contributed by atoms with Gasteiger partial charge in [0, 0.05) is 22.6 Å². The van der Waals surface area contributed by atoms with Crippen molar-refractivity contribution in [3.8, 4) is 40.9 Å². The van der Waals surface area contributed by atoms with Crippen LogP contribution >= 0.6 is 0 Å². The van der Waals surface area contributed by atoms with Crippen LogP contribution in [0.15, 0.2) is 54.6 Å². The number of carbonyl (C=O) groups excluding carboxylic acids is 5. The van der Waals surface area contributed by atoms with Crippen LogP contribution < -0.4 is 15.2 Å². The quantitative estimate of drug-likeness (QED) is 0.273. The Bertz CT molecular complexity index is 2080. The lowest BCUT2D eigenvalue weighted by Gasteiger charge is -2.52. The molecule has 6 atom stereocenters. The second-order valence-corrected chi connectivity index (χ2v) is 12.9. The summed E-state index contributed by atoms with van der Waals surface area (Å²) in [4.78, 5) is 69.4. The molecule has 50 heavy (non-hydrogen) atoms. The number of fused-ring (bicyclic) bond motifs is 3. The molecule has 11 heteroatoms. The molecule has 254 valence electrons. The molecule has 3 aromatic carbocycles. The van der Waals surface area contributed by atoms with Crippen molar-refractivity contribution in [3.63, 3.8) is 0 Å². The predicted octanol–water partition coefficient (Wildman–Crippen LogP) is 1.68. The highest BCUT2D eigenvalue weighted by molar-refractivity contribution is 6.32. The first-order chi connectivity index (χ1) is 23.8. The molecular formula is C39H34N2O9. The van der Waals surface area contributed by atoms with E-state index in [-0.39, 0.29) is 24.0 Å². The Morgan fingerprint density at radius 3 is 1.90 bits per heavy atom. The molecule has 0 radical (unpaired) electrons. The maximum Gasteiger partial charge on any atom is 0.235 e. The lowest BCUT2D eigenvalue weighted by Crippen LogP contribution is -2.74. The minimum Gasteiger partial charge on any atom is -0.506 e. The fraction of sp³-hybridized carbons (Fsp3) is 0.308. The zero-order valence-corrected chi connectivity index (χ0v) is 27.8. The monoisotopic (exact) mass is 674 g/mol. The van der Waals surface area contributed by atoms with Gasteiger partial charge in [-0.3, -0.25) is 28.9 Å². The number of primary amides is 1. The molecule has 3 aliphatic rings. The summed E-state index contributed by atoms with van der Waals surface area (Å²) in [6.45, 7) is 0. The first-order valence-corrected chi connectivity index (χ1v) is 15.9. The molecule has 0 aromatic heterocycles. The topological polar surface area (TPSA) is 174 Å². The molecule has 2 fully saturated rings. The predicted molar refractivity (Wildman–Crippen MR) is 179 cm³/mol. The Labute approximate surface area is 288 Å². The van der Waals surface area contributed by atoms with E-state index in [1.54, 1.807) is 61.7 Å². The molecule has 3 aliphatic carbocycles. The Balaban J connectivity index is 1.50. The Morgan fingerprint density at radius 2 is 1.40 bits per heavy atom. The molecule has 0 spiro atoms. The number of amides is 1. The number of rotatable bonds is 4. The van der Waals surface area contributed by atoms with E-state index in [0.717, 1.165) is 0 Å². The lowest BCUT2D eigenvalue weighted by molar-refractivity contribution is -0.181. The van der Waals surface area contributed by atoms with Crippen molar-refractivity contribution in [2.75, 3.05) is 28.3 Å². The van der Waals surface area contributed by atoms with Crippen molar-refractivity contribution in [1.82, 2.24) is 4.90 Å². The number of likely N-dealkylation sites (N-methyl/N-ethyl adjacent to an activating group) is 1. The summed E-state index contributed by atoms with van der Waals surface area (Å²) in [5.41, 5.74) is 4.51. The minimum absolute atomic E-state index is 0.0677. The van der Waals surface area contributed by atoms with Gasteiger partial charge in [0.25, 0.3) is 0 Å². The van der Waals surface area contributed by atoms with E-state index in [2.05, 4.69) is 23.7 Å². The standard InChI is InChI=1S/C39H34N2O9/c1-41(2)32-28-19-24-18-27-22(11-5-20-7-13-25(49-3)14-8-20)17-23(12-6-21-9-15-26(50-4)16-10-21)33(42)30(27)34(43)29(24)36(45)39(28,48)37(46)31(35(32)44)38(40)47/h7-10,13-17,24,28-29,31-32,42,48H,18-19H2,1-4H3,(H2,40,47)/t24-,28-,29?,31?,32-,39-/m0/s1. The van der Waals surface area contributed by atoms with E-state index in [9.17, 15) is 34.2 Å². The Kier molecular flexibility index (Phi) is 8.83. The van der Waals surface area contributed by atoms with Crippen LogP contribution in [0.5, 0.6) is 17.2 Å². The molecule has 4 N–H and O–H groups in total. The number of aliphatic hydroxyl groups is 1. The average Bonchev–Trinajstić information content (AvgIpc) is 3.09. The number of Topliss-reactive ketones (excluding diaryl/α,β-unsaturated/α-hetero) is 4. The minimum atomic E-state index is -2.82. The van der Waals surface area contributed by atoms with E-state index in [1.807, 2.05) is 0 Å². The fourth-order valence-electron chi connectivity index (χ4n) is 7.51. The summed E-state index contributed by atoms with van der Waals surface area (Å²) in [6.07, 6.45) is -0.00670. The van der Waals surface area contributed by atoms with Crippen LogP contribution in [0.3, 0.4) is 0 Å². The third kappa shape index (κ3) is 5.51. The first kappa shape index (κ1) is 34.1. The maximum atomic E-state index is 14.4. The largest absolute Gasteiger partial charge is 0.506 e. The fourth-order valence-corrected chi connectivity index (χ4v) is 7.51. The second-order valence-electron chi connectivity index (χ2n) is 12.9. The van der Waals surface area contributed by atoms with Crippen LogP contribution in [0.4, 0.5) is 0 Å². The van der Waals surface area contributed by atoms with Gasteiger partial charge in [-0.05, 0) is 93.0 Å². The van der Waals surface area contributed by atoms with E-state index < -0.39 is 70.1 Å². The number of methoxy groups -OCH3 is 2. The number of nitrogens with zero attached hydrogens (tertiary/aromatic N) is 1. The van der Waals surface area contributed by atoms with Gasteiger partial charge in [-0.15, -0.1) is 0 Å². The van der Waals surface area contributed by atoms with Gasteiger partial charge in [0.2, 0.25) is 5.91 Å². The molecule has 0 heterocycles. The van der Waals surface area contributed by atoms with Gasteiger partial charge >= 0.3 is 0 Å². The molecule has 1 amide bonds. The number of nitrogens with two attached hydrogens (primary N) is 1. The van der Waals surface area contributed by atoms with E-state index in [1.165, 1.54) is 26.1 Å². The van der Waals surface area contributed by atoms with Crippen LogP contribution in [0.2, 0.25) is 0 Å². The number of phenolic OH excluding ortho intramolecular Hbond substituents is 1. The number of ether oxygens (including phenoxy) is 2. The number of ketones is 4. The molecule has 11 nitrogen and oxygen atoms in total. The van der Waals surface area contributed by atoms with Gasteiger partial charge in [0.15, 0.2) is 34.7 Å². The number of aromatic hydroxyl groups is 1. The summed E-state index contributed by atoms with van der Waals surface area (Å²) in [6, 6.07) is 14.3. The van der Waals surface area contributed by atoms with E-state index in [0.29, 0.717) is 33.8 Å². The van der Waals surface area contributed by atoms with Gasteiger partial charge in [0.05, 0.1) is 37.3 Å². The number of hydrogen-bond donors (Lipinski definition) is 3. The number of carbonyl (C=O) groups is 5. The van der Waals surface area contributed by atoms with Crippen LogP contribution in [0.25, 0.3) is 0 Å². The summed E-state index contributed by atoms with van der Waals surface area (Å²) in [7, 11) is 6.16. The Hall–Kier alpha value is -5.75. The van der Waals surface area contributed by atoms with Crippen LogP contribution in [0.1, 0.15) is 44.6 Å². The van der Waals surface area contributed by atoms with Crippen molar-refractivity contribution in [2.24, 2.45) is 29.4 Å². The highest BCUT2D eigenvalue weighted by Gasteiger charge is 2.69. The summed E-state index contributed by atoms with van der Waals surface area (Å²) >= 11 is 0. The highest BCUT2D eigenvalue weighted by Crippen LogP contribution is 2.51. The highest BCUT2D eigenvalue weighted by atomic mass is 16.5. The van der Waals surface area contributed by atoms with Crippen molar-refractivity contribution < 1.29 is 43.7 Å². The zero-order chi connectivity index (χ0) is 36.1. The van der Waals surface area contributed by atoms with Gasteiger partial charge in [-0.1, -0.05) is 23.7 Å². The summed E-state index contributed by atoms with van der Waals surface area (Å²) in [5.74, 6) is 1.95. The van der Waals surface area contributed by atoms with Crippen LogP contribution in [-0.4, -0.2) is 84.1 Å². The summed E-state index contributed by atoms with van der Waals surface area (Å²) in [5, 5.41) is 23.5. The molecular weight excluding hydrogens is 640 g/mol. The normalized spacial score (nSPS) is 25.3. The van der Waals surface area contributed by atoms with E-state index in [4.69, 9.17) is 15.2 Å². The maximum absolute atomic E-state index is 14.4. The van der Waals surface area contributed by atoms with Crippen molar-refractivity contribution in [3.05, 3.63) is 88.0 Å². The van der Waals surface area contributed by atoms with Gasteiger partial charge < -0.3 is 25.4 Å². The van der Waals surface area contributed by atoms with Gasteiger partial charge in [0.1, 0.15) is 17.2 Å². The summed E-state index contributed by atoms with van der Waals surface area (Å²) < 4.78 is 10.4. The van der Waals surface area contributed by atoms with Crippen molar-refractivity contribution in [1.29, 1.82) is 0 Å². The number of phenols is 1. The molecule has 0 saturated heterocycles. The van der Waals surface area contributed by atoms with E-state index >= 15 is 0 Å². The Morgan fingerprint density at radius 1 is 0.860 bits per heavy atom. The van der Waals surface area contributed by atoms with Gasteiger partial charge in [-0.25, -0.2) is 0 Å². The smallest absolute Gasteiger partial charge is 0.235 e. The lowest BCUT2D eigenvalue weighted by atomic mass is 9.52. The van der Waals surface area contributed by atoms with Crippen molar-refractivity contribution in [2.45, 2.75) is 24.5 Å².